The van der Waals surface area contributed by atoms with E-state index in [9.17, 15) is 28.1 Å². The third-order valence-electron chi connectivity index (χ3n) is 4.14. The van der Waals surface area contributed by atoms with Gasteiger partial charge in [0, 0.05) is 16.7 Å². The molecule has 0 radical (unpaired) electrons. The van der Waals surface area contributed by atoms with Crippen molar-refractivity contribution in [3.63, 3.8) is 0 Å². The molecule has 172 valence electrons. The van der Waals surface area contributed by atoms with Crippen LogP contribution in [-0.2, 0) is 11.0 Å². The molecule has 1 aromatic heterocycles. The van der Waals surface area contributed by atoms with E-state index in [1.165, 1.54) is 43.5 Å². The number of alkyl halides is 3. The third-order valence-corrected chi connectivity index (χ3v) is 5.24. The van der Waals surface area contributed by atoms with Gasteiger partial charge in [0.2, 0.25) is 5.91 Å². The predicted molar refractivity (Wildman–Crippen MR) is 116 cm³/mol. The number of carbonyl (C=O) groups is 1. The fourth-order valence-electron chi connectivity index (χ4n) is 2.62. The molecule has 1 amide bonds. The standard InChI is InChI=1S/C20H14ClF3N4O4S/c1-32-16-8-13(28(30)31)6-7-14(16)25-18(29)10-33-19-26-15(9-17(27-19)20(22,23)24)11-2-4-12(21)5-3-11/h2-9H,10H2,1H3,(H,25,29). The zero-order valence-corrected chi connectivity index (χ0v) is 18.3. The van der Waals surface area contributed by atoms with Crippen molar-refractivity contribution < 1.29 is 27.6 Å². The molecule has 33 heavy (non-hydrogen) atoms. The number of anilines is 1. The zero-order valence-electron chi connectivity index (χ0n) is 16.7. The van der Waals surface area contributed by atoms with Crippen molar-refractivity contribution in [3.8, 4) is 17.0 Å². The number of carbonyl (C=O) groups excluding carboxylic acids is 1. The number of nitro groups is 1. The van der Waals surface area contributed by atoms with Gasteiger partial charge in [-0.3, -0.25) is 14.9 Å². The summed E-state index contributed by atoms with van der Waals surface area (Å²) in [6, 6.07) is 10.5. The summed E-state index contributed by atoms with van der Waals surface area (Å²) in [6.07, 6.45) is -4.71. The van der Waals surface area contributed by atoms with Crippen LogP contribution in [0, 0.1) is 10.1 Å². The maximum absolute atomic E-state index is 13.3. The van der Waals surface area contributed by atoms with E-state index >= 15 is 0 Å². The fourth-order valence-corrected chi connectivity index (χ4v) is 3.40. The summed E-state index contributed by atoms with van der Waals surface area (Å²) < 4.78 is 45.0. The van der Waals surface area contributed by atoms with Gasteiger partial charge in [0.15, 0.2) is 5.16 Å². The molecule has 3 rings (SSSR count). The first-order chi connectivity index (χ1) is 15.6. The first-order valence-electron chi connectivity index (χ1n) is 9.04. The summed E-state index contributed by atoms with van der Waals surface area (Å²) in [5.41, 5.74) is -0.794. The molecule has 0 fully saturated rings. The molecule has 0 aliphatic heterocycles. The highest BCUT2D eigenvalue weighted by atomic mass is 35.5. The summed E-state index contributed by atoms with van der Waals surface area (Å²) in [5.74, 6) is -0.856. The highest BCUT2D eigenvalue weighted by Gasteiger charge is 2.34. The Kier molecular flexibility index (Phi) is 7.39. The molecule has 1 heterocycles. The van der Waals surface area contributed by atoms with Crippen molar-refractivity contribution in [2.24, 2.45) is 0 Å². The monoisotopic (exact) mass is 498 g/mol. The van der Waals surface area contributed by atoms with Gasteiger partial charge in [0.1, 0.15) is 11.4 Å². The van der Waals surface area contributed by atoms with Crippen LogP contribution in [-0.4, -0.2) is 33.7 Å². The first-order valence-corrected chi connectivity index (χ1v) is 10.4. The van der Waals surface area contributed by atoms with Crippen molar-refractivity contribution in [3.05, 3.63) is 69.4 Å². The lowest BCUT2D eigenvalue weighted by Crippen LogP contribution is -2.16. The number of methoxy groups -OCH3 is 1. The second-order valence-corrected chi connectivity index (χ2v) is 7.78. The van der Waals surface area contributed by atoms with E-state index in [4.69, 9.17) is 16.3 Å². The van der Waals surface area contributed by atoms with Crippen molar-refractivity contribution in [2.45, 2.75) is 11.3 Å². The minimum Gasteiger partial charge on any atom is -0.494 e. The van der Waals surface area contributed by atoms with Crippen molar-refractivity contribution in [1.29, 1.82) is 0 Å². The van der Waals surface area contributed by atoms with Gasteiger partial charge in [0.25, 0.3) is 5.69 Å². The van der Waals surface area contributed by atoms with Crippen LogP contribution >= 0.6 is 23.4 Å². The Hall–Kier alpha value is -3.38. The Morgan fingerprint density at radius 1 is 1.18 bits per heavy atom. The molecule has 0 unspecified atom stereocenters. The van der Waals surface area contributed by atoms with Crippen LogP contribution in [0.15, 0.2) is 53.7 Å². The van der Waals surface area contributed by atoms with E-state index in [0.29, 0.717) is 22.3 Å². The predicted octanol–water partition coefficient (Wildman–Crippen LogP) is 5.46. The minimum absolute atomic E-state index is 0.0222. The molecule has 0 aliphatic rings. The van der Waals surface area contributed by atoms with Crippen molar-refractivity contribution >= 4 is 40.6 Å². The van der Waals surface area contributed by atoms with Gasteiger partial charge >= 0.3 is 6.18 Å². The van der Waals surface area contributed by atoms with Gasteiger partial charge in [-0.15, -0.1) is 0 Å². The second kappa shape index (κ2) is 10.0. The number of ether oxygens (including phenoxy) is 1. The second-order valence-electron chi connectivity index (χ2n) is 6.40. The summed E-state index contributed by atoms with van der Waals surface area (Å²) in [4.78, 5) is 30.2. The molecule has 1 N–H and O–H groups in total. The Bertz CT molecular complexity index is 1190. The van der Waals surface area contributed by atoms with Gasteiger partial charge in [-0.25, -0.2) is 9.97 Å². The molecule has 0 saturated carbocycles. The highest BCUT2D eigenvalue weighted by Crippen LogP contribution is 2.33. The average Bonchev–Trinajstić information content (AvgIpc) is 2.77. The van der Waals surface area contributed by atoms with Crippen LogP contribution in [0.25, 0.3) is 11.3 Å². The molecule has 13 heteroatoms. The molecular weight excluding hydrogens is 485 g/mol. The Morgan fingerprint density at radius 3 is 2.48 bits per heavy atom. The number of hydrogen-bond donors (Lipinski definition) is 1. The molecule has 0 atom stereocenters. The van der Waals surface area contributed by atoms with E-state index in [-0.39, 0.29) is 33.7 Å². The van der Waals surface area contributed by atoms with E-state index in [2.05, 4.69) is 15.3 Å². The maximum Gasteiger partial charge on any atom is 0.433 e. The third kappa shape index (κ3) is 6.33. The minimum atomic E-state index is -4.71. The molecule has 0 spiro atoms. The molecule has 0 saturated heterocycles. The van der Waals surface area contributed by atoms with Crippen molar-refractivity contribution in [1.82, 2.24) is 9.97 Å². The summed E-state index contributed by atoms with van der Waals surface area (Å²) in [5, 5.41) is 13.5. The molecule has 0 aliphatic carbocycles. The number of hydrogen-bond acceptors (Lipinski definition) is 7. The van der Waals surface area contributed by atoms with Crippen LogP contribution in [0.4, 0.5) is 24.5 Å². The molecule has 0 bridgehead atoms. The number of nitrogens with one attached hydrogen (secondary N) is 1. The van der Waals surface area contributed by atoms with E-state index in [1.54, 1.807) is 0 Å². The molecule has 2 aromatic carbocycles. The number of non-ortho nitro benzene ring substituents is 1. The topological polar surface area (TPSA) is 107 Å². The molecule has 8 nitrogen and oxygen atoms in total. The quantitative estimate of drug-likeness (QED) is 0.199. The SMILES string of the molecule is COc1cc([N+](=O)[O-])ccc1NC(=O)CSc1nc(-c2ccc(Cl)cc2)cc(C(F)(F)F)n1. The van der Waals surface area contributed by atoms with Gasteiger partial charge in [-0.2, -0.15) is 13.2 Å². The van der Waals surface area contributed by atoms with Crippen molar-refractivity contribution in [2.75, 3.05) is 18.2 Å². The van der Waals surface area contributed by atoms with Crippen LogP contribution in [0.3, 0.4) is 0 Å². The normalized spacial score (nSPS) is 11.2. The summed E-state index contributed by atoms with van der Waals surface area (Å²) in [7, 11) is 1.28. The number of nitrogens with zero attached hydrogens (tertiary/aromatic N) is 3. The first kappa shape index (κ1) is 24.3. The van der Waals surface area contributed by atoms with E-state index in [0.717, 1.165) is 12.1 Å². The Balaban J connectivity index is 1.79. The lowest BCUT2D eigenvalue weighted by Gasteiger charge is -2.11. The van der Waals surface area contributed by atoms with Gasteiger partial charge < -0.3 is 10.1 Å². The smallest absolute Gasteiger partial charge is 0.433 e. The van der Waals surface area contributed by atoms with Crippen LogP contribution in [0.1, 0.15) is 5.69 Å². The van der Waals surface area contributed by atoms with E-state index in [1.807, 2.05) is 0 Å². The highest BCUT2D eigenvalue weighted by molar-refractivity contribution is 7.99. The number of benzene rings is 2. The van der Waals surface area contributed by atoms with Crippen LogP contribution in [0.5, 0.6) is 5.75 Å². The summed E-state index contributed by atoms with van der Waals surface area (Å²) >= 11 is 6.53. The number of halogens is 4. The number of rotatable bonds is 7. The Morgan fingerprint density at radius 2 is 1.88 bits per heavy atom. The van der Waals surface area contributed by atoms with Gasteiger partial charge in [-0.05, 0) is 24.3 Å². The zero-order chi connectivity index (χ0) is 24.2. The summed E-state index contributed by atoms with van der Waals surface area (Å²) in [6.45, 7) is 0. The maximum atomic E-state index is 13.3. The lowest BCUT2D eigenvalue weighted by molar-refractivity contribution is -0.384. The van der Waals surface area contributed by atoms with Gasteiger partial charge in [0.05, 0.1) is 35.2 Å². The lowest BCUT2D eigenvalue weighted by atomic mass is 10.1. The van der Waals surface area contributed by atoms with Crippen LogP contribution < -0.4 is 10.1 Å². The largest absolute Gasteiger partial charge is 0.494 e. The number of thioether (sulfide) groups is 1. The number of amides is 1. The Labute approximate surface area is 194 Å². The van der Waals surface area contributed by atoms with Gasteiger partial charge in [-0.1, -0.05) is 35.5 Å². The van der Waals surface area contributed by atoms with Crippen LogP contribution in [0.2, 0.25) is 5.02 Å². The number of nitro benzene ring substituents is 1. The number of aromatic nitrogens is 2. The van der Waals surface area contributed by atoms with E-state index < -0.39 is 22.7 Å². The molecular formula is C20H14ClF3N4O4S. The fraction of sp³-hybridized carbons (Fsp3) is 0.150. The average molecular weight is 499 g/mol. The molecule has 3 aromatic rings.